The van der Waals surface area contributed by atoms with E-state index >= 15 is 0 Å². The number of halogens is 1. The van der Waals surface area contributed by atoms with Gasteiger partial charge in [0.15, 0.2) is 5.11 Å². The van der Waals surface area contributed by atoms with Crippen LogP contribution >= 0.6 is 12.2 Å². The molecular formula is C19H21FN2OS. The molecule has 0 amide bonds. The van der Waals surface area contributed by atoms with Gasteiger partial charge in [0.2, 0.25) is 0 Å². The first kappa shape index (κ1) is 16.7. The molecule has 0 bridgehead atoms. The summed E-state index contributed by atoms with van der Waals surface area (Å²) in [4.78, 5) is 0. The number of nitrogens with one attached hydrogen (secondary N) is 2. The third-order valence-electron chi connectivity index (χ3n) is 4.05. The van der Waals surface area contributed by atoms with E-state index in [1.54, 1.807) is 18.2 Å². The van der Waals surface area contributed by atoms with Crippen molar-refractivity contribution in [2.75, 3.05) is 5.32 Å². The third kappa shape index (κ3) is 3.67. The topological polar surface area (TPSA) is 33.3 Å². The first-order valence-electron chi connectivity index (χ1n) is 7.96. The molecule has 0 saturated carbocycles. The number of thiocarbonyl (C=S) groups is 1. The Kier molecular flexibility index (Phi) is 4.45. The van der Waals surface area contributed by atoms with Crippen molar-refractivity contribution in [2.24, 2.45) is 0 Å². The Balaban J connectivity index is 1.80. The number of rotatable bonds is 2. The van der Waals surface area contributed by atoms with Gasteiger partial charge in [-0.1, -0.05) is 29.8 Å². The van der Waals surface area contributed by atoms with Crippen LogP contribution in [0.25, 0.3) is 0 Å². The van der Waals surface area contributed by atoms with Crippen LogP contribution in [0.1, 0.15) is 37.4 Å². The summed E-state index contributed by atoms with van der Waals surface area (Å²) in [5.74, 6) is 0.535. The molecule has 126 valence electrons. The lowest BCUT2D eigenvalue weighted by molar-refractivity contribution is 0.0696. The molecule has 2 N–H and O–H groups in total. The summed E-state index contributed by atoms with van der Waals surface area (Å²) in [6, 6.07) is 12.6. The number of hydrogen-bond donors (Lipinski definition) is 2. The van der Waals surface area contributed by atoms with Crippen LogP contribution in [-0.2, 0) is 0 Å². The molecule has 0 saturated heterocycles. The van der Waals surface area contributed by atoms with Gasteiger partial charge in [0.25, 0.3) is 0 Å². The van der Waals surface area contributed by atoms with Gasteiger partial charge in [-0.3, -0.25) is 0 Å². The number of hydrogen-bond acceptors (Lipinski definition) is 2. The van der Waals surface area contributed by atoms with E-state index in [0.717, 1.165) is 23.3 Å². The number of para-hydroxylation sites is 1. The quantitative estimate of drug-likeness (QED) is 0.772. The van der Waals surface area contributed by atoms with Crippen molar-refractivity contribution in [3.8, 4) is 5.75 Å². The van der Waals surface area contributed by atoms with Crippen LogP contribution in [0.15, 0.2) is 42.5 Å². The summed E-state index contributed by atoms with van der Waals surface area (Å²) in [6.45, 7) is 6.16. The second kappa shape index (κ2) is 6.40. The highest BCUT2D eigenvalue weighted by atomic mass is 32.1. The summed E-state index contributed by atoms with van der Waals surface area (Å²) in [5.41, 5.74) is 2.31. The standard InChI is InChI=1S/C19H21FN2OS/c1-12-8-9-17-13(10-12)16(11-19(2,3)23-17)22-18(24)21-15-7-5-4-6-14(15)20/h4-10,16H,11H2,1-3H3,(H2,21,22,24). The minimum absolute atomic E-state index is 0.00965. The van der Waals surface area contributed by atoms with E-state index in [4.69, 9.17) is 17.0 Å². The van der Waals surface area contributed by atoms with Gasteiger partial charge in [-0.15, -0.1) is 0 Å². The van der Waals surface area contributed by atoms with Crippen molar-refractivity contribution in [3.05, 3.63) is 59.4 Å². The Hall–Kier alpha value is -2.14. The van der Waals surface area contributed by atoms with E-state index in [9.17, 15) is 4.39 Å². The fraction of sp³-hybridized carbons (Fsp3) is 0.316. The fourth-order valence-electron chi connectivity index (χ4n) is 2.98. The summed E-state index contributed by atoms with van der Waals surface area (Å²) in [6.07, 6.45) is 0.766. The number of anilines is 1. The zero-order valence-corrected chi connectivity index (χ0v) is 14.8. The van der Waals surface area contributed by atoms with Gasteiger partial charge in [0, 0.05) is 12.0 Å². The largest absolute Gasteiger partial charge is 0.487 e. The number of benzene rings is 2. The maximum Gasteiger partial charge on any atom is 0.171 e. The van der Waals surface area contributed by atoms with Crippen LogP contribution in [0.3, 0.4) is 0 Å². The average Bonchev–Trinajstić information content (AvgIpc) is 2.49. The second-order valence-corrected chi connectivity index (χ2v) is 7.15. The molecule has 0 aliphatic carbocycles. The van der Waals surface area contributed by atoms with Crippen LogP contribution in [0.5, 0.6) is 5.75 Å². The van der Waals surface area contributed by atoms with Gasteiger partial charge >= 0.3 is 0 Å². The highest BCUT2D eigenvalue weighted by Crippen LogP contribution is 2.39. The van der Waals surface area contributed by atoms with Crippen LogP contribution in [0.2, 0.25) is 0 Å². The molecule has 1 unspecified atom stereocenters. The molecule has 3 nitrogen and oxygen atoms in total. The Labute approximate surface area is 147 Å². The van der Waals surface area contributed by atoms with E-state index in [-0.39, 0.29) is 17.5 Å². The molecule has 2 aromatic carbocycles. The van der Waals surface area contributed by atoms with Gasteiger partial charge in [-0.2, -0.15) is 0 Å². The van der Waals surface area contributed by atoms with Crippen molar-refractivity contribution in [1.29, 1.82) is 0 Å². The highest BCUT2D eigenvalue weighted by Gasteiger charge is 2.34. The van der Waals surface area contributed by atoms with Crippen molar-refractivity contribution in [1.82, 2.24) is 5.32 Å². The predicted molar refractivity (Wildman–Crippen MR) is 99.0 cm³/mol. The number of aryl methyl sites for hydroxylation is 1. The van der Waals surface area contributed by atoms with E-state index in [0.29, 0.717) is 10.8 Å². The van der Waals surface area contributed by atoms with Crippen molar-refractivity contribution < 1.29 is 9.13 Å². The first-order valence-corrected chi connectivity index (χ1v) is 8.36. The molecule has 24 heavy (non-hydrogen) atoms. The lowest BCUT2D eigenvalue weighted by Gasteiger charge is -2.38. The average molecular weight is 344 g/mol. The molecule has 2 aromatic rings. The van der Waals surface area contributed by atoms with Crippen molar-refractivity contribution >= 4 is 23.0 Å². The Morgan fingerprint density at radius 2 is 2.00 bits per heavy atom. The van der Waals surface area contributed by atoms with E-state index in [2.05, 4.69) is 30.5 Å². The molecular weight excluding hydrogens is 323 g/mol. The molecule has 0 radical (unpaired) electrons. The second-order valence-electron chi connectivity index (χ2n) is 6.74. The summed E-state index contributed by atoms with van der Waals surface area (Å²) < 4.78 is 19.8. The lowest BCUT2D eigenvalue weighted by Crippen LogP contribution is -2.42. The van der Waals surface area contributed by atoms with Crippen LogP contribution in [-0.4, -0.2) is 10.7 Å². The molecule has 1 atom stereocenters. The monoisotopic (exact) mass is 344 g/mol. The molecule has 0 aromatic heterocycles. The molecule has 1 aliphatic rings. The highest BCUT2D eigenvalue weighted by molar-refractivity contribution is 7.80. The third-order valence-corrected chi connectivity index (χ3v) is 4.27. The minimum atomic E-state index is -0.329. The first-order chi connectivity index (χ1) is 11.3. The van der Waals surface area contributed by atoms with E-state index < -0.39 is 0 Å². The van der Waals surface area contributed by atoms with Gasteiger partial charge in [0.1, 0.15) is 17.2 Å². The van der Waals surface area contributed by atoms with Gasteiger partial charge in [-0.25, -0.2) is 4.39 Å². The molecule has 1 heterocycles. The van der Waals surface area contributed by atoms with E-state index in [1.807, 2.05) is 19.1 Å². The maximum atomic E-state index is 13.8. The smallest absolute Gasteiger partial charge is 0.171 e. The predicted octanol–water partition coefficient (Wildman–Crippen LogP) is 4.72. The molecule has 0 spiro atoms. The zero-order chi connectivity index (χ0) is 17.3. The SMILES string of the molecule is Cc1ccc2c(c1)C(NC(=S)Nc1ccccc1F)CC(C)(C)O2. The Morgan fingerprint density at radius 3 is 2.75 bits per heavy atom. The van der Waals surface area contributed by atoms with Crippen molar-refractivity contribution in [2.45, 2.75) is 38.8 Å². The van der Waals surface area contributed by atoms with Crippen LogP contribution in [0, 0.1) is 12.7 Å². The summed E-state index contributed by atoms with van der Waals surface area (Å²) >= 11 is 5.38. The summed E-state index contributed by atoms with van der Waals surface area (Å²) in [5, 5.41) is 6.64. The molecule has 0 fully saturated rings. The minimum Gasteiger partial charge on any atom is -0.487 e. The van der Waals surface area contributed by atoms with Gasteiger partial charge in [0.05, 0.1) is 11.7 Å². The summed E-state index contributed by atoms with van der Waals surface area (Å²) in [7, 11) is 0. The molecule has 5 heteroatoms. The van der Waals surface area contributed by atoms with Crippen molar-refractivity contribution in [3.63, 3.8) is 0 Å². The Morgan fingerprint density at radius 1 is 1.25 bits per heavy atom. The maximum absolute atomic E-state index is 13.8. The van der Waals surface area contributed by atoms with Gasteiger partial charge < -0.3 is 15.4 Å². The Bertz CT molecular complexity index is 776. The number of ether oxygens (including phenoxy) is 1. The van der Waals surface area contributed by atoms with Gasteiger partial charge in [-0.05, 0) is 51.2 Å². The number of fused-ring (bicyclic) bond motifs is 1. The fourth-order valence-corrected chi connectivity index (χ4v) is 3.23. The normalized spacial score (nSPS) is 18.2. The van der Waals surface area contributed by atoms with Crippen LogP contribution in [0.4, 0.5) is 10.1 Å². The molecule has 3 rings (SSSR count). The molecule has 1 aliphatic heterocycles. The van der Waals surface area contributed by atoms with E-state index in [1.165, 1.54) is 6.07 Å². The lowest BCUT2D eigenvalue weighted by atomic mass is 9.89. The zero-order valence-electron chi connectivity index (χ0n) is 14.0. The van der Waals surface area contributed by atoms with Crippen LogP contribution < -0.4 is 15.4 Å².